The molecule has 0 aromatic carbocycles. The van der Waals surface area contributed by atoms with Gasteiger partial charge in [-0.1, -0.05) is 13.8 Å². The van der Waals surface area contributed by atoms with E-state index in [1.807, 2.05) is 11.3 Å². The van der Waals surface area contributed by atoms with Crippen LogP contribution < -0.4 is 5.32 Å². The van der Waals surface area contributed by atoms with Crippen LogP contribution >= 0.6 is 11.3 Å². The third kappa shape index (κ3) is 5.70. The fraction of sp³-hybridized carbons (Fsp3) is 0.765. The van der Waals surface area contributed by atoms with Gasteiger partial charge >= 0.3 is 0 Å². The molecule has 1 aromatic rings. The largest absolute Gasteiger partial charge is 0.370 e. The lowest BCUT2D eigenvalue weighted by Gasteiger charge is -2.41. The molecule has 2 heterocycles. The summed E-state index contributed by atoms with van der Waals surface area (Å²) in [7, 11) is 0. The molecule has 120 valence electrons. The maximum atomic E-state index is 5.97. The molecule has 1 saturated heterocycles. The number of nitrogens with one attached hydrogen (secondary N) is 1. The minimum atomic E-state index is -0.0312. The average molecular weight is 311 g/mol. The molecule has 1 N–H and O–H groups in total. The van der Waals surface area contributed by atoms with Crippen LogP contribution in [-0.4, -0.2) is 36.2 Å². The number of morpholine rings is 1. The van der Waals surface area contributed by atoms with E-state index in [0.29, 0.717) is 12.0 Å². The highest BCUT2D eigenvalue weighted by Crippen LogP contribution is 2.24. The Bertz CT molecular complexity index is 442. The minimum absolute atomic E-state index is 0.0312. The Kier molecular flexibility index (Phi) is 5.83. The van der Waals surface area contributed by atoms with Gasteiger partial charge in [-0.25, -0.2) is 0 Å². The maximum Gasteiger partial charge on any atom is 0.0757 e. The van der Waals surface area contributed by atoms with Crippen molar-refractivity contribution in [3.8, 4) is 0 Å². The van der Waals surface area contributed by atoms with E-state index in [1.54, 1.807) is 0 Å². The molecule has 3 nitrogen and oxygen atoms in total. The van der Waals surface area contributed by atoms with Gasteiger partial charge in [0.15, 0.2) is 0 Å². The fourth-order valence-corrected chi connectivity index (χ4v) is 4.04. The lowest BCUT2D eigenvalue weighted by Crippen LogP contribution is -2.51. The molecule has 0 amide bonds. The second-order valence-electron chi connectivity index (χ2n) is 7.25. The highest BCUT2D eigenvalue weighted by atomic mass is 32.1. The molecule has 4 heteroatoms. The van der Waals surface area contributed by atoms with E-state index in [-0.39, 0.29) is 5.60 Å². The Labute approximate surface area is 133 Å². The first-order valence-corrected chi connectivity index (χ1v) is 8.84. The molecule has 2 rings (SSSR count). The molecule has 1 atom stereocenters. The number of rotatable bonds is 6. The van der Waals surface area contributed by atoms with Crippen LogP contribution in [0.5, 0.6) is 0 Å². The maximum absolute atomic E-state index is 5.97. The van der Waals surface area contributed by atoms with Crippen molar-refractivity contribution in [2.24, 2.45) is 5.92 Å². The quantitative estimate of drug-likeness (QED) is 0.870. The van der Waals surface area contributed by atoms with E-state index in [2.05, 4.69) is 57.0 Å². The Morgan fingerprint density at radius 3 is 2.76 bits per heavy atom. The van der Waals surface area contributed by atoms with Crippen LogP contribution in [0.3, 0.4) is 0 Å². The molecule has 1 fully saturated rings. The van der Waals surface area contributed by atoms with Crippen LogP contribution in [-0.2, 0) is 17.8 Å². The smallest absolute Gasteiger partial charge is 0.0757 e. The number of nitrogens with zero attached hydrogens (tertiary/aromatic N) is 1. The molecule has 21 heavy (non-hydrogen) atoms. The van der Waals surface area contributed by atoms with Gasteiger partial charge in [-0.05, 0) is 45.4 Å². The van der Waals surface area contributed by atoms with E-state index in [0.717, 1.165) is 32.7 Å². The zero-order chi connectivity index (χ0) is 15.5. The standard InChI is InChI=1S/C17H30N2OS/c1-13(2)8-18-9-15-6-7-16(21-15)11-19-10-14(3)20-17(4,5)12-19/h6-7,13-14,18H,8-12H2,1-5H3. The lowest BCUT2D eigenvalue weighted by atomic mass is 10.1. The van der Waals surface area contributed by atoms with Gasteiger partial charge in [-0.15, -0.1) is 11.3 Å². The molecule has 0 radical (unpaired) electrons. The van der Waals surface area contributed by atoms with Crippen molar-refractivity contribution in [3.05, 3.63) is 21.9 Å². The van der Waals surface area contributed by atoms with Crippen molar-refractivity contribution >= 4 is 11.3 Å². The van der Waals surface area contributed by atoms with Gasteiger partial charge < -0.3 is 10.1 Å². The van der Waals surface area contributed by atoms with Crippen LogP contribution in [0.4, 0.5) is 0 Å². The normalized spacial score (nSPS) is 22.9. The van der Waals surface area contributed by atoms with E-state index in [9.17, 15) is 0 Å². The Balaban J connectivity index is 1.84. The molecule has 1 aliphatic rings. The van der Waals surface area contributed by atoms with Crippen LogP contribution in [0.15, 0.2) is 12.1 Å². The van der Waals surface area contributed by atoms with E-state index in [4.69, 9.17) is 4.74 Å². The van der Waals surface area contributed by atoms with Gasteiger partial charge in [0, 0.05) is 35.9 Å². The molecular formula is C17H30N2OS. The Morgan fingerprint density at radius 2 is 2.10 bits per heavy atom. The summed E-state index contributed by atoms with van der Waals surface area (Å²) in [5.41, 5.74) is -0.0312. The third-order valence-electron chi connectivity index (χ3n) is 3.59. The Hall–Kier alpha value is -0.420. The zero-order valence-electron chi connectivity index (χ0n) is 14.1. The number of hydrogen-bond acceptors (Lipinski definition) is 4. The summed E-state index contributed by atoms with van der Waals surface area (Å²) in [6.07, 6.45) is 0.320. The van der Waals surface area contributed by atoms with Gasteiger partial charge in [-0.3, -0.25) is 4.90 Å². The van der Waals surface area contributed by atoms with Gasteiger partial charge in [0.2, 0.25) is 0 Å². The number of ether oxygens (including phenoxy) is 1. The molecule has 0 bridgehead atoms. The number of thiophene rings is 1. The van der Waals surface area contributed by atoms with Crippen molar-refractivity contribution in [2.75, 3.05) is 19.6 Å². The van der Waals surface area contributed by atoms with Crippen molar-refractivity contribution in [1.29, 1.82) is 0 Å². The molecule has 1 aliphatic heterocycles. The monoisotopic (exact) mass is 310 g/mol. The first-order valence-electron chi connectivity index (χ1n) is 8.02. The summed E-state index contributed by atoms with van der Waals surface area (Å²) in [5.74, 6) is 0.710. The summed E-state index contributed by atoms with van der Waals surface area (Å²) in [6.45, 7) is 16.2. The second kappa shape index (κ2) is 7.23. The average Bonchev–Trinajstić information content (AvgIpc) is 2.73. The summed E-state index contributed by atoms with van der Waals surface area (Å²) >= 11 is 1.93. The molecular weight excluding hydrogens is 280 g/mol. The van der Waals surface area contributed by atoms with Crippen LogP contribution in [0, 0.1) is 5.92 Å². The predicted octanol–water partition coefficient (Wildman–Crippen LogP) is 3.49. The summed E-state index contributed by atoms with van der Waals surface area (Å²) in [5, 5.41) is 3.52. The molecule has 1 unspecified atom stereocenters. The van der Waals surface area contributed by atoms with E-state index >= 15 is 0 Å². The van der Waals surface area contributed by atoms with Crippen LogP contribution in [0.1, 0.15) is 44.4 Å². The topological polar surface area (TPSA) is 24.5 Å². The highest BCUT2D eigenvalue weighted by molar-refractivity contribution is 7.11. The summed E-state index contributed by atoms with van der Waals surface area (Å²) in [4.78, 5) is 5.41. The zero-order valence-corrected chi connectivity index (χ0v) is 14.9. The minimum Gasteiger partial charge on any atom is -0.370 e. The van der Waals surface area contributed by atoms with E-state index in [1.165, 1.54) is 9.75 Å². The Morgan fingerprint density at radius 1 is 1.38 bits per heavy atom. The van der Waals surface area contributed by atoms with Crippen molar-refractivity contribution < 1.29 is 4.74 Å². The van der Waals surface area contributed by atoms with Crippen LogP contribution in [0.25, 0.3) is 0 Å². The van der Waals surface area contributed by atoms with Crippen molar-refractivity contribution in [2.45, 2.75) is 59.4 Å². The molecule has 0 saturated carbocycles. The molecule has 0 spiro atoms. The van der Waals surface area contributed by atoms with Crippen molar-refractivity contribution in [1.82, 2.24) is 10.2 Å². The molecule has 1 aromatic heterocycles. The number of hydrogen-bond donors (Lipinski definition) is 1. The van der Waals surface area contributed by atoms with Gasteiger partial charge in [-0.2, -0.15) is 0 Å². The first-order chi connectivity index (χ1) is 9.84. The summed E-state index contributed by atoms with van der Waals surface area (Å²) < 4.78 is 5.97. The highest BCUT2D eigenvalue weighted by Gasteiger charge is 2.31. The second-order valence-corrected chi connectivity index (χ2v) is 8.50. The van der Waals surface area contributed by atoms with Gasteiger partial charge in [0.25, 0.3) is 0 Å². The first kappa shape index (κ1) is 16.9. The molecule has 0 aliphatic carbocycles. The lowest BCUT2D eigenvalue weighted by molar-refractivity contribution is -0.130. The summed E-state index contributed by atoms with van der Waals surface area (Å²) in [6, 6.07) is 4.55. The van der Waals surface area contributed by atoms with Crippen LogP contribution in [0.2, 0.25) is 0 Å². The fourth-order valence-electron chi connectivity index (χ4n) is 3.01. The SMILES string of the molecule is CC(C)CNCc1ccc(CN2CC(C)OC(C)(C)C2)s1. The van der Waals surface area contributed by atoms with Gasteiger partial charge in [0.05, 0.1) is 11.7 Å². The van der Waals surface area contributed by atoms with Crippen molar-refractivity contribution in [3.63, 3.8) is 0 Å². The van der Waals surface area contributed by atoms with Gasteiger partial charge in [0.1, 0.15) is 0 Å². The van der Waals surface area contributed by atoms with E-state index < -0.39 is 0 Å². The third-order valence-corrected chi connectivity index (χ3v) is 4.66. The predicted molar refractivity (Wildman–Crippen MR) is 90.8 cm³/mol.